The number of sulfonamides is 1. The van der Waals surface area contributed by atoms with Crippen molar-refractivity contribution in [1.29, 1.82) is 0 Å². The van der Waals surface area contributed by atoms with E-state index in [1.54, 1.807) is 24.0 Å². The van der Waals surface area contributed by atoms with E-state index in [4.69, 9.17) is 0 Å². The maximum absolute atomic E-state index is 13.5. The summed E-state index contributed by atoms with van der Waals surface area (Å²) < 4.78 is 27.9. The number of nitrogens with one attached hydrogen (secondary N) is 1. The van der Waals surface area contributed by atoms with Crippen molar-refractivity contribution in [3.05, 3.63) is 71.8 Å². The van der Waals surface area contributed by atoms with E-state index < -0.39 is 16.1 Å². The number of nitrogens with zero attached hydrogens (tertiary/aromatic N) is 2. The second-order valence-corrected chi connectivity index (χ2v) is 11.6. The van der Waals surface area contributed by atoms with E-state index in [1.165, 1.54) is 4.31 Å². The zero-order valence-corrected chi connectivity index (χ0v) is 22.7. The van der Waals surface area contributed by atoms with Crippen molar-refractivity contribution in [2.45, 2.75) is 70.5 Å². The Hall–Kier alpha value is -3.39. The van der Waals surface area contributed by atoms with Crippen LogP contribution < -0.4 is 9.62 Å². The van der Waals surface area contributed by atoms with Crippen LogP contribution in [0, 0.1) is 6.92 Å². The molecular formula is C29H35N3O4S. The van der Waals surface area contributed by atoms with E-state index in [2.05, 4.69) is 5.32 Å². The number of anilines is 1. The minimum absolute atomic E-state index is 0.00933. The van der Waals surface area contributed by atoms with E-state index in [9.17, 15) is 18.0 Å². The zero-order valence-electron chi connectivity index (χ0n) is 21.9. The zero-order chi connectivity index (χ0) is 26.7. The number of aryl methyl sites for hydroxylation is 1. The molecule has 1 aliphatic rings. The standard InChI is InChI=1S/C29H35N3O4S/c1-5-21(3)30-29(34)22(4)31(19-24-12-7-6-11-20(24)2)27(33)17-10-18-32-25-15-8-13-23-14-9-16-26(28(23)25)37(32,35)36/h6-9,11-16,21-22H,5,10,17-19H2,1-4H3,(H,30,34)/t21-,22-/m1/s1. The summed E-state index contributed by atoms with van der Waals surface area (Å²) in [5.74, 6) is -0.372. The maximum atomic E-state index is 13.5. The normalized spacial score (nSPS) is 15.4. The average molecular weight is 522 g/mol. The van der Waals surface area contributed by atoms with Gasteiger partial charge < -0.3 is 10.2 Å². The highest BCUT2D eigenvalue weighted by Gasteiger charge is 2.35. The summed E-state index contributed by atoms with van der Waals surface area (Å²) in [6.45, 7) is 8.17. The van der Waals surface area contributed by atoms with Gasteiger partial charge in [-0.3, -0.25) is 13.9 Å². The third-order valence-corrected chi connectivity index (χ3v) is 9.06. The molecule has 0 saturated heterocycles. The molecule has 8 heteroatoms. The van der Waals surface area contributed by atoms with Gasteiger partial charge in [-0.2, -0.15) is 0 Å². The van der Waals surface area contributed by atoms with Gasteiger partial charge in [-0.1, -0.05) is 55.5 Å². The third-order valence-electron chi connectivity index (χ3n) is 7.20. The van der Waals surface area contributed by atoms with Crippen LogP contribution >= 0.6 is 0 Å². The number of rotatable bonds is 10. The van der Waals surface area contributed by atoms with Crippen LogP contribution in [0.1, 0.15) is 51.2 Å². The maximum Gasteiger partial charge on any atom is 0.265 e. The van der Waals surface area contributed by atoms with Gasteiger partial charge in [0.2, 0.25) is 11.8 Å². The van der Waals surface area contributed by atoms with Crippen molar-refractivity contribution in [1.82, 2.24) is 10.2 Å². The minimum atomic E-state index is -3.67. The fourth-order valence-corrected chi connectivity index (χ4v) is 6.48. The number of benzene rings is 3. The Morgan fingerprint density at radius 1 is 1.00 bits per heavy atom. The highest BCUT2D eigenvalue weighted by Crippen LogP contribution is 2.42. The highest BCUT2D eigenvalue weighted by atomic mass is 32.2. The molecule has 1 aliphatic heterocycles. The number of carbonyl (C=O) groups excluding carboxylic acids is 2. The summed E-state index contributed by atoms with van der Waals surface area (Å²) in [6.07, 6.45) is 1.27. The smallest absolute Gasteiger partial charge is 0.265 e. The lowest BCUT2D eigenvalue weighted by atomic mass is 10.1. The van der Waals surface area contributed by atoms with Crippen LogP contribution in [0.4, 0.5) is 5.69 Å². The van der Waals surface area contributed by atoms with Gasteiger partial charge in [0, 0.05) is 30.9 Å². The third kappa shape index (κ3) is 5.34. The van der Waals surface area contributed by atoms with E-state index in [0.29, 0.717) is 23.5 Å². The first kappa shape index (κ1) is 26.7. The topological polar surface area (TPSA) is 86.8 Å². The molecule has 4 rings (SSSR count). The average Bonchev–Trinajstić information content (AvgIpc) is 3.10. The van der Waals surface area contributed by atoms with E-state index in [1.807, 2.05) is 69.3 Å². The van der Waals surface area contributed by atoms with E-state index in [-0.39, 0.29) is 30.8 Å². The summed E-state index contributed by atoms with van der Waals surface area (Å²) in [5, 5.41) is 4.58. The molecular weight excluding hydrogens is 486 g/mol. The minimum Gasteiger partial charge on any atom is -0.352 e. The Balaban J connectivity index is 1.50. The van der Waals surface area contributed by atoms with Crippen molar-refractivity contribution in [2.75, 3.05) is 10.8 Å². The van der Waals surface area contributed by atoms with Crippen molar-refractivity contribution < 1.29 is 18.0 Å². The lowest BCUT2D eigenvalue weighted by Crippen LogP contribution is -2.49. The largest absolute Gasteiger partial charge is 0.352 e. The first-order valence-corrected chi connectivity index (χ1v) is 14.3. The lowest BCUT2D eigenvalue weighted by Gasteiger charge is -2.30. The molecule has 0 fully saturated rings. The molecule has 2 amide bonds. The van der Waals surface area contributed by atoms with E-state index >= 15 is 0 Å². The fourth-order valence-electron chi connectivity index (χ4n) is 4.74. The Morgan fingerprint density at radius 3 is 2.41 bits per heavy atom. The molecule has 0 aliphatic carbocycles. The molecule has 2 atom stereocenters. The molecule has 196 valence electrons. The van der Waals surface area contributed by atoms with Gasteiger partial charge in [-0.25, -0.2) is 8.42 Å². The van der Waals surface area contributed by atoms with Crippen LogP contribution in [-0.2, 0) is 26.2 Å². The second kappa shape index (κ2) is 10.9. The van der Waals surface area contributed by atoms with Gasteiger partial charge in [-0.05, 0) is 62.3 Å². The predicted octanol–water partition coefficient (Wildman–Crippen LogP) is 4.77. The Bertz CT molecular complexity index is 1410. The highest BCUT2D eigenvalue weighted by molar-refractivity contribution is 7.93. The molecule has 0 unspecified atom stereocenters. The van der Waals surface area contributed by atoms with Crippen LogP contribution in [0.5, 0.6) is 0 Å². The summed E-state index contributed by atoms with van der Waals surface area (Å²) >= 11 is 0. The van der Waals surface area contributed by atoms with Crippen molar-refractivity contribution in [3.8, 4) is 0 Å². The summed E-state index contributed by atoms with van der Waals surface area (Å²) in [4.78, 5) is 28.3. The number of hydrogen-bond acceptors (Lipinski definition) is 4. The molecule has 0 radical (unpaired) electrons. The van der Waals surface area contributed by atoms with Crippen LogP contribution in [0.25, 0.3) is 10.8 Å². The molecule has 1 heterocycles. The number of hydrogen-bond donors (Lipinski definition) is 1. The number of carbonyl (C=O) groups is 2. The summed E-state index contributed by atoms with van der Waals surface area (Å²) in [5.41, 5.74) is 2.67. The molecule has 7 nitrogen and oxygen atoms in total. The molecule has 37 heavy (non-hydrogen) atoms. The van der Waals surface area contributed by atoms with Gasteiger partial charge in [0.05, 0.1) is 10.6 Å². The molecule has 3 aromatic carbocycles. The van der Waals surface area contributed by atoms with Crippen LogP contribution in [0.2, 0.25) is 0 Å². The van der Waals surface area contributed by atoms with Crippen LogP contribution in [0.15, 0.2) is 65.6 Å². The van der Waals surface area contributed by atoms with Crippen molar-refractivity contribution in [2.24, 2.45) is 0 Å². The second-order valence-electron chi connectivity index (χ2n) is 9.75. The fraction of sp³-hybridized carbons (Fsp3) is 0.379. The molecule has 1 N–H and O–H groups in total. The van der Waals surface area contributed by atoms with E-state index in [0.717, 1.165) is 28.3 Å². The Labute approximate surface area is 219 Å². The van der Waals surface area contributed by atoms with Gasteiger partial charge in [-0.15, -0.1) is 0 Å². The first-order valence-electron chi connectivity index (χ1n) is 12.8. The van der Waals surface area contributed by atoms with Crippen LogP contribution in [-0.4, -0.2) is 43.8 Å². The first-order chi connectivity index (χ1) is 17.6. The monoisotopic (exact) mass is 521 g/mol. The Morgan fingerprint density at radius 2 is 1.70 bits per heavy atom. The molecule has 3 aromatic rings. The van der Waals surface area contributed by atoms with Crippen LogP contribution in [0.3, 0.4) is 0 Å². The predicted molar refractivity (Wildman–Crippen MR) is 147 cm³/mol. The Kier molecular flexibility index (Phi) is 7.87. The van der Waals surface area contributed by atoms with Gasteiger partial charge in [0.25, 0.3) is 10.0 Å². The SMILES string of the molecule is CC[C@@H](C)NC(=O)[C@@H](C)N(Cc1ccccc1C)C(=O)CCCN1c2cccc3cccc(c23)S1(=O)=O. The van der Waals surface area contributed by atoms with Gasteiger partial charge in [0.1, 0.15) is 6.04 Å². The van der Waals surface area contributed by atoms with Gasteiger partial charge in [0.15, 0.2) is 0 Å². The van der Waals surface area contributed by atoms with Gasteiger partial charge >= 0.3 is 0 Å². The lowest BCUT2D eigenvalue weighted by molar-refractivity contribution is -0.140. The summed E-state index contributed by atoms with van der Waals surface area (Å²) in [6, 6.07) is 18.0. The summed E-state index contributed by atoms with van der Waals surface area (Å²) in [7, 11) is -3.67. The molecule has 0 aromatic heterocycles. The molecule has 0 saturated carbocycles. The van der Waals surface area contributed by atoms with Crippen molar-refractivity contribution in [3.63, 3.8) is 0 Å². The molecule has 0 spiro atoms. The quantitative estimate of drug-likeness (QED) is 0.416. The number of amides is 2. The molecule has 0 bridgehead atoms. The van der Waals surface area contributed by atoms with Crippen molar-refractivity contribution >= 4 is 38.3 Å².